The number of hydrogen-bond acceptors (Lipinski definition) is 4. The van der Waals surface area contributed by atoms with Gasteiger partial charge in [-0.1, -0.05) is 29.8 Å². The van der Waals surface area contributed by atoms with Gasteiger partial charge >= 0.3 is 0 Å². The first-order valence-corrected chi connectivity index (χ1v) is 9.71. The summed E-state index contributed by atoms with van der Waals surface area (Å²) < 4.78 is 10.9. The van der Waals surface area contributed by atoms with Crippen LogP contribution < -0.4 is 14.8 Å². The first-order valence-electron chi connectivity index (χ1n) is 9.34. The maximum absolute atomic E-state index is 12.4. The average Bonchev–Trinajstić information content (AvgIpc) is 3.35. The Bertz CT molecular complexity index is 804. The average molecular weight is 387 g/mol. The molecule has 27 heavy (non-hydrogen) atoms. The van der Waals surface area contributed by atoms with Crippen LogP contribution in [0.1, 0.15) is 30.0 Å². The molecule has 2 aromatic carbocycles. The van der Waals surface area contributed by atoms with Crippen molar-refractivity contribution < 1.29 is 14.3 Å². The van der Waals surface area contributed by atoms with Crippen LogP contribution >= 0.6 is 11.6 Å². The molecule has 4 rings (SSSR count). The molecule has 2 aliphatic rings. The minimum atomic E-state index is 0.0160. The summed E-state index contributed by atoms with van der Waals surface area (Å²) in [5, 5.41) is 3.78. The first-order chi connectivity index (χ1) is 13.2. The zero-order chi connectivity index (χ0) is 18.6. The van der Waals surface area contributed by atoms with Crippen molar-refractivity contribution in [2.45, 2.75) is 25.3 Å². The van der Waals surface area contributed by atoms with Crippen molar-refractivity contribution in [3.05, 3.63) is 58.6 Å². The van der Waals surface area contributed by atoms with Crippen molar-refractivity contribution in [1.29, 1.82) is 0 Å². The third-order valence-corrected chi connectivity index (χ3v) is 5.39. The SMILES string of the molecule is O=C(Cc1ccc(Cl)cc1)NC[C@H](c1ccc2c(c1)OCO2)N1CCCC1. The molecule has 2 heterocycles. The molecule has 1 fully saturated rings. The minimum Gasteiger partial charge on any atom is -0.454 e. The van der Waals surface area contributed by atoms with Crippen molar-refractivity contribution in [2.75, 3.05) is 26.4 Å². The molecule has 0 radical (unpaired) electrons. The smallest absolute Gasteiger partial charge is 0.231 e. The molecule has 0 bridgehead atoms. The van der Waals surface area contributed by atoms with Gasteiger partial charge in [0.25, 0.3) is 0 Å². The summed E-state index contributed by atoms with van der Waals surface area (Å²) in [7, 11) is 0. The molecule has 0 aliphatic carbocycles. The largest absolute Gasteiger partial charge is 0.454 e. The van der Waals surface area contributed by atoms with Gasteiger partial charge in [0.1, 0.15) is 0 Å². The molecule has 0 aromatic heterocycles. The molecule has 2 aliphatic heterocycles. The van der Waals surface area contributed by atoms with Gasteiger partial charge in [0, 0.05) is 11.6 Å². The fourth-order valence-electron chi connectivity index (χ4n) is 3.69. The molecule has 0 unspecified atom stereocenters. The highest BCUT2D eigenvalue weighted by Crippen LogP contribution is 2.36. The topological polar surface area (TPSA) is 50.8 Å². The quantitative estimate of drug-likeness (QED) is 0.824. The highest BCUT2D eigenvalue weighted by molar-refractivity contribution is 6.30. The summed E-state index contributed by atoms with van der Waals surface area (Å²) in [6.45, 7) is 2.94. The van der Waals surface area contributed by atoms with Gasteiger partial charge < -0.3 is 14.8 Å². The summed E-state index contributed by atoms with van der Waals surface area (Å²) in [6.07, 6.45) is 2.74. The van der Waals surface area contributed by atoms with Crippen LogP contribution in [-0.4, -0.2) is 37.2 Å². The lowest BCUT2D eigenvalue weighted by molar-refractivity contribution is -0.120. The molecule has 1 saturated heterocycles. The summed E-state index contributed by atoms with van der Waals surface area (Å²) in [5.41, 5.74) is 2.10. The van der Waals surface area contributed by atoms with E-state index in [2.05, 4.69) is 16.3 Å². The molecule has 5 nitrogen and oxygen atoms in total. The standard InChI is InChI=1S/C21H23ClN2O3/c22-17-6-3-15(4-7-17)11-21(25)23-13-18(24-9-1-2-10-24)16-5-8-19-20(12-16)27-14-26-19/h3-8,12,18H,1-2,9-11,13-14H2,(H,23,25)/t18-/m1/s1. The molecular weight excluding hydrogens is 364 g/mol. The molecule has 142 valence electrons. The van der Waals surface area contributed by atoms with Gasteiger partial charge in [-0.2, -0.15) is 0 Å². The Morgan fingerprint density at radius 1 is 1.07 bits per heavy atom. The summed E-state index contributed by atoms with van der Waals surface area (Å²) >= 11 is 5.91. The van der Waals surface area contributed by atoms with Gasteiger partial charge in [0.15, 0.2) is 11.5 Å². The van der Waals surface area contributed by atoms with Crippen LogP contribution in [0, 0.1) is 0 Å². The van der Waals surface area contributed by atoms with Crippen LogP contribution in [0.2, 0.25) is 5.02 Å². The number of ether oxygens (including phenoxy) is 2. The maximum Gasteiger partial charge on any atom is 0.231 e. The van der Waals surface area contributed by atoms with Crippen molar-refractivity contribution in [2.24, 2.45) is 0 Å². The van der Waals surface area contributed by atoms with Crippen LogP contribution in [0.4, 0.5) is 0 Å². The zero-order valence-electron chi connectivity index (χ0n) is 15.1. The van der Waals surface area contributed by atoms with Crippen LogP contribution in [-0.2, 0) is 11.2 Å². The third kappa shape index (κ3) is 4.37. The molecular formula is C21H23ClN2O3. The van der Waals surface area contributed by atoms with Gasteiger partial charge in [-0.3, -0.25) is 9.69 Å². The summed E-state index contributed by atoms with van der Waals surface area (Å²) in [6, 6.07) is 13.6. The van der Waals surface area contributed by atoms with Gasteiger partial charge in [-0.05, 0) is 61.3 Å². The van der Waals surface area contributed by atoms with E-state index in [1.54, 1.807) is 0 Å². The number of halogens is 1. The Morgan fingerprint density at radius 3 is 2.59 bits per heavy atom. The van der Waals surface area contributed by atoms with Crippen molar-refractivity contribution in [3.63, 3.8) is 0 Å². The number of fused-ring (bicyclic) bond motifs is 1. The predicted molar refractivity (Wildman–Crippen MR) is 104 cm³/mol. The number of hydrogen-bond donors (Lipinski definition) is 1. The molecule has 0 saturated carbocycles. The Hall–Kier alpha value is -2.24. The van der Waals surface area contributed by atoms with Gasteiger partial charge in [-0.15, -0.1) is 0 Å². The van der Waals surface area contributed by atoms with E-state index in [-0.39, 0.29) is 18.7 Å². The number of likely N-dealkylation sites (tertiary alicyclic amines) is 1. The van der Waals surface area contributed by atoms with E-state index in [1.807, 2.05) is 36.4 Å². The second-order valence-electron chi connectivity index (χ2n) is 6.98. The second-order valence-corrected chi connectivity index (χ2v) is 7.42. The monoisotopic (exact) mass is 386 g/mol. The normalized spacial score (nSPS) is 17.1. The number of carbonyl (C=O) groups excluding carboxylic acids is 1. The molecule has 0 spiro atoms. The Kier molecular flexibility index (Phi) is 5.50. The number of benzene rings is 2. The van der Waals surface area contributed by atoms with E-state index in [1.165, 1.54) is 12.8 Å². The lowest BCUT2D eigenvalue weighted by Gasteiger charge is -2.28. The zero-order valence-corrected chi connectivity index (χ0v) is 15.9. The first kappa shape index (κ1) is 18.1. The molecule has 1 N–H and O–H groups in total. The van der Waals surface area contributed by atoms with Crippen LogP contribution in [0.15, 0.2) is 42.5 Å². The third-order valence-electron chi connectivity index (χ3n) is 5.13. The maximum atomic E-state index is 12.4. The number of nitrogens with one attached hydrogen (secondary N) is 1. The molecule has 1 atom stereocenters. The fourth-order valence-corrected chi connectivity index (χ4v) is 3.82. The molecule has 1 amide bonds. The lowest BCUT2D eigenvalue weighted by atomic mass is 10.0. The van der Waals surface area contributed by atoms with Crippen molar-refractivity contribution in [3.8, 4) is 11.5 Å². The van der Waals surface area contributed by atoms with Gasteiger partial charge in [-0.25, -0.2) is 0 Å². The van der Waals surface area contributed by atoms with Crippen LogP contribution in [0.3, 0.4) is 0 Å². The van der Waals surface area contributed by atoms with E-state index in [0.29, 0.717) is 18.0 Å². The number of amides is 1. The number of nitrogens with zero attached hydrogens (tertiary/aromatic N) is 1. The summed E-state index contributed by atoms with van der Waals surface area (Å²) in [5.74, 6) is 1.58. The van der Waals surface area contributed by atoms with Gasteiger partial charge in [0.2, 0.25) is 12.7 Å². The number of carbonyl (C=O) groups is 1. The molecule has 6 heteroatoms. The highest BCUT2D eigenvalue weighted by Gasteiger charge is 2.26. The van der Waals surface area contributed by atoms with E-state index < -0.39 is 0 Å². The van der Waals surface area contributed by atoms with E-state index in [9.17, 15) is 4.79 Å². The van der Waals surface area contributed by atoms with E-state index in [0.717, 1.165) is 35.7 Å². The molecule has 2 aromatic rings. The predicted octanol–water partition coefficient (Wildman–Crippen LogP) is 3.56. The second kappa shape index (κ2) is 8.19. The van der Waals surface area contributed by atoms with Crippen molar-refractivity contribution >= 4 is 17.5 Å². The summed E-state index contributed by atoms with van der Waals surface area (Å²) in [4.78, 5) is 14.9. The van der Waals surface area contributed by atoms with E-state index >= 15 is 0 Å². The Morgan fingerprint density at radius 2 is 1.81 bits per heavy atom. The fraction of sp³-hybridized carbons (Fsp3) is 0.381. The highest BCUT2D eigenvalue weighted by atomic mass is 35.5. The van der Waals surface area contributed by atoms with Crippen molar-refractivity contribution in [1.82, 2.24) is 10.2 Å². The Labute approximate surface area is 164 Å². The minimum absolute atomic E-state index is 0.0160. The van der Waals surface area contributed by atoms with E-state index in [4.69, 9.17) is 21.1 Å². The van der Waals surface area contributed by atoms with Crippen LogP contribution in [0.5, 0.6) is 11.5 Å². The lowest BCUT2D eigenvalue weighted by Crippen LogP contribution is -2.37. The van der Waals surface area contributed by atoms with Gasteiger partial charge in [0.05, 0.1) is 12.5 Å². The van der Waals surface area contributed by atoms with Crippen LogP contribution in [0.25, 0.3) is 0 Å². The number of rotatable bonds is 6. The Balaban J connectivity index is 1.43.